The Kier molecular flexibility index (Phi) is 3.42. The highest BCUT2D eigenvalue weighted by Crippen LogP contribution is 2.22. The van der Waals surface area contributed by atoms with Crippen LogP contribution < -0.4 is 0 Å². The van der Waals surface area contributed by atoms with Crippen LogP contribution in [0.2, 0.25) is 0 Å². The maximum Gasteiger partial charge on any atom is 0.104 e. The lowest BCUT2D eigenvalue weighted by molar-refractivity contribution is -0.889. The maximum absolute atomic E-state index is 12.4. The number of hydrogen-bond donors (Lipinski definition) is 0. The zero-order valence-electron chi connectivity index (χ0n) is 9.86. The molecule has 0 saturated carbocycles. The summed E-state index contributed by atoms with van der Waals surface area (Å²) in [7, 11) is 0. The Morgan fingerprint density at radius 2 is 2.00 bits per heavy atom. The summed E-state index contributed by atoms with van der Waals surface area (Å²) in [4.78, 5) is 0. The third-order valence-corrected chi connectivity index (χ3v) is 3.32. The Morgan fingerprint density at radius 1 is 1.25 bits per heavy atom. The molecule has 1 heterocycles. The molecule has 86 valence electrons. The van der Waals surface area contributed by atoms with Crippen LogP contribution in [0, 0.1) is 5.21 Å². The Bertz CT molecular complexity index is 372. The summed E-state index contributed by atoms with van der Waals surface area (Å²) >= 11 is 0. The van der Waals surface area contributed by atoms with Crippen LogP contribution in [0.5, 0.6) is 0 Å². The second kappa shape index (κ2) is 4.81. The summed E-state index contributed by atoms with van der Waals surface area (Å²) < 4.78 is -0.0898. The van der Waals surface area contributed by atoms with Crippen LogP contribution in [-0.2, 0) is 6.54 Å². The van der Waals surface area contributed by atoms with Crippen molar-refractivity contribution in [3.63, 3.8) is 0 Å². The van der Waals surface area contributed by atoms with Gasteiger partial charge in [0.2, 0.25) is 0 Å². The van der Waals surface area contributed by atoms with Crippen molar-refractivity contribution < 1.29 is 4.65 Å². The van der Waals surface area contributed by atoms with E-state index in [0.717, 1.165) is 24.9 Å². The van der Waals surface area contributed by atoms with Crippen LogP contribution in [0.15, 0.2) is 42.0 Å². The fourth-order valence-corrected chi connectivity index (χ4v) is 2.22. The van der Waals surface area contributed by atoms with Gasteiger partial charge >= 0.3 is 0 Å². The molecule has 0 fully saturated rings. The van der Waals surface area contributed by atoms with Crippen molar-refractivity contribution in [1.82, 2.24) is 0 Å². The first-order valence-electron chi connectivity index (χ1n) is 6.01. The lowest BCUT2D eigenvalue weighted by Gasteiger charge is -2.44. The summed E-state index contributed by atoms with van der Waals surface area (Å²) in [5, 5.41) is 12.4. The van der Waals surface area contributed by atoms with E-state index in [4.69, 9.17) is 0 Å². The van der Waals surface area contributed by atoms with Crippen LogP contribution in [0.25, 0.3) is 0 Å². The van der Waals surface area contributed by atoms with E-state index in [2.05, 4.69) is 13.0 Å². The molecule has 0 radical (unpaired) electrons. The van der Waals surface area contributed by atoms with Crippen molar-refractivity contribution in [2.75, 3.05) is 13.1 Å². The van der Waals surface area contributed by atoms with Crippen LogP contribution in [0.1, 0.15) is 25.3 Å². The van der Waals surface area contributed by atoms with Gasteiger partial charge in [-0.25, -0.2) is 0 Å². The molecular weight excluding hydrogens is 198 g/mol. The molecule has 0 N–H and O–H groups in total. The minimum atomic E-state index is -0.0898. The minimum Gasteiger partial charge on any atom is -0.632 e. The van der Waals surface area contributed by atoms with Crippen LogP contribution >= 0.6 is 0 Å². The molecule has 0 amide bonds. The molecule has 2 rings (SSSR count). The molecule has 2 heteroatoms. The van der Waals surface area contributed by atoms with Crippen molar-refractivity contribution in [3.8, 4) is 0 Å². The van der Waals surface area contributed by atoms with E-state index < -0.39 is 0 Å². The third-order valence-electron chi connectivity index (χ3n) is 3.32. The average Bonchev–Trinajstić information content (AvgIpc) is 2.31. The fourth-order valence-electron chi connectivity index (χ4n) is 2.22. The third kappa shape index (κ3) is 2.71. The Morgan fingerprint density at radius 3 is 2.56 bits per heavy atom. The summed E-state index contributed by atoms with van der Waals surface area (Å²) in [6.07, 6.45) is 4.19. The Balaban J connectivity index is 2.03. The highest BCUT2D eigenvalue weighted by molar-refractivity contribution is 5.14. The molecule has 0 aromatic heterocycles. The minimum absolute atomic E-state index is 0.0898. The van der Waals surface area contributed by atoms with Crippen LogP contribution in [0.3, 0.4) is 0 Å². The first-order chi connectivity index (χ1) is 7.72. The van der Waals surface area contributed by atoms with Gasteiger partial charge in [-0.15, -0.1) is 0 Å². The van der Waals surface area contributed by atoms with Crippen molar-refractivity contribution >= 4 is 0 Å². The lowest BCUT2D eigenvalue weighted by Crippen LogP contribution is -2.44. The smallest absolute Gasteiger partial charge is 0.104 e. The summed E-state index contributed by atoms with van der Waals surface area (Å²) in [6, 6.07) is 10.1. The van der Waals surface area contributed by atoms with E-state index in [0.29, 0.717) is 13.1 Å². The van der Waals surface area contributed by atoms with Crippen molar-refractivity contribution in [2.24, 2.45) is 0 Å². The first-order valence-corrected chi connectivity index (χ1v) is 6.01. The number of quaternary nitrogens is 1. The molecule has 1 aliphatic rings. The van der Waals surface area contributed by atoms with E-state index in [1.165, 1.54) is 5.57 Å². The van der Waals surface area contributed by atoms with E-state index in [9.17, 15) is 5.21 Å². The fraction of sp³-hybridized carbons (Fsp3) is 0.429. The van der Waals surface area contributed by atoms with E-state index in [1.807, 2.05) is 30.3 Å². The molecule has 1 atom stereocenters. The van der Waals surface area contributed by atoms with Gasteiger partial charge < -0.3 is 9.85 Å². The SMILES string of the molecule is CCC1=CC[N+]([O-])(Cc2ccccc2)CC1. The number of hydroxylamine groups is 3. The number of hydrogen-bond acceptors (Lipinski definition) is 1. The van der Waals surface area contributed by atoms with Gasteiger partial charge in [-0.1, -0.05) is 42.8 Å². The number of rotatable bonds is 3. The molecule has 0 bridgehead atoms. The monoisotopic (exact) mass is 217 g/mol. The largest absolute Gasteiger partial charge is 0.632 e. The summed E-state index contributed by atoms with van der Waals surface area (Å²) in [5.74, 6) is 0. The average molecular weight is 217 g/mol. The van der Waals surface area contributed by atoms with Gasteiger partial charge in [0.05, 0.1) is 13.1 Å². The molecule has 0 spiro atoms. The van der Waals surface area contributed by atoms with E-state index in [-0.39, 0.29) is 4.65 Å². The summed E-state index contributed by atoms with van der Waals surface area (Å²) in [6.45, 7) is 4.13. The highest BCUT2D eigenvalue weighted by atomic mass is 16.5. The van der Waals surface area contributed by atoms with E-state index in [1.54, 1.807) is 0 Å². The quantitative estimate of drug-likeness (QED) is 0.433. The molecule has 0 aliphatic carbocycles. The van der Waals surface area contributed by atoms with Gasteiger partial charge in [0.1, 0.15) is 6.54 Å². The standard InChI is InChI=1S/C14H19NO/c1-2-13-8-10-15(16,11-9-13)12-14-6-4-3-5-7-14/h3-8H,2,9-12H2,1H3. The molecule has 2 nitrogen and oxygen atoms in total. The molecule has 1 aliphatic heterocycles. The molecule has 1 aromatic rings. The molecule has 1 unspecified atom stereocenters. The van der Waals surface area contributed by atoms with Crippen LogP contribution in [-0.4, -0.2) is 17.7 Å². The van der Waals surface area contributed by atoms with Gasteiger partial charge in [-0.05, 0) is 12.5 Å². The number of benzene rings is 1. The molecule has 1 aromatic carbocycles. The summed E-state index contributed by atoms with van der Waals surface area (Å²) in [5.41, 5.74) is 2.59. The number of nitrogens with zero attached hydrogens (tertiary/aromatic N) is 1. The molecule has 0 saturated heterocycles. The van der Waals surface area contributed by atoms with Crippen LogP contribution in [0.4, 0.5) is 0 Å². The predicted molar refractivity (Wildman–Crippen MR) is 66.5 cm³/mol. The highest BCUT2D eigenvalue weighted by Gasteiger charge is 2.20. The van der Waals surface area contributed by atoms with Gasteiger partial charge in [0.15, 0.2) is 0 Å². The predicted octanol–water partition coefficient (Wildman–Crippen LogP) is 3.24. The first kappa shape index (κ1) is 11.4. The zero-order chi connectivity index (χ0) is 11.4. The zero-order valence-corrected chi connectivity index (χ0v) is 9.86. The maximum atomic E-state index is 12.4. The van der Waals surface area contributed by atoms with Crippen molar-refractivity contribution in [1.29, 1.82) is 0 Å². The second-order valence-corrected chi connectivity index (χ2v) is 4.57. The lowest BCUT2D eigenvalue weighted by atomic mass is 10.0. The Labute approximate surface area is 97.4 Å². The van der Waals surface area contributed by atoms with Gasteiger partial charge in [0.25, 0.3) is 0 Å². The van der Waals surface area contributed by atoms with Gasteiger partial charge in [0, 0.05) is 12.0 Å². The normalized spacial score (nSPS) is 25.2. The van der Waals surface area contributed by atoms with Gasteiger partial charge in [-0.3, -0.25) is 0 Å². The topological polar surface area (TPSA) is 23.1 Å². The van der Waals surface area contributed by atoms with Crippen molar-refractivity contribution in [3.05, 3.63) is 52.8 Å². The second-order valence-electron chi connectivity index (χ2n) is 4.57. The van der Waals surface area contributed by atoms with Crippen molar-refractivity contribution in [2.45, 2.75) is 26.3 Å². The Hall–Kier alpha value is -1.12. The van der Waals surface area contributed by atoms with E-state index >= 15 is 0 Å². The van der Waals surface area contributed by atoms with Gasteiger partial charge in [-0.2, -0.15) is 0 Å². The molecular formula is C14H19NO. The molecule has 16 heavy (non-hydrogen) atoms.